The minimum Gasteiger partial charge on any atom is -1.00 e. The number of hydrogen-bond donors (Lipinski definition) is 1. The fourth-order valence-electron chi connectivity index (χ4n) is 7.01. The van der Waals surface area contributed by atoms with Crippen LogP contribution >= 0.6 is 23.1 Å². The Hall–Kier alpha value is -1.34. The zero-order chi connectivity index (χ0) is 26.3. The lowest BCUT2D eigenvalue weighted by atomic mass is 9.77. The summed E-state index contributed by atoms with van der Waals surface area (Å²) in [5.74, 6) is -1.37. The number of piperazine rings is 3. The maximum Gasteiger partial charge on any atom is 0.250 e. The maximum atomic E-state index is 12.7. The molecule has 0 radical (unpaired) electrons. The van der Waals surface area contributed by atoms with Gasteiger partial charge in [-0.15, -0.1) is 0 Å². The molecule has 1 amide bonds. The zero-order valence-corrected chi connectivity index (χ0v) is 26.0. The van der Waals surface area contributed by atoms with E-state index in [1.165, 1.54) is 64.7 Å². The van der Waals surface area contributed by atoms with Crippen LogP contribution in [-0.2, 0) is 16.1 Å². The van der Waals surface area contributed by atoms with Crippen molar-refractivity contribution >= 4 is 45.4 Å². The molecule has 2 aromatic heterocycles. The number of rotatable bonds is 8. The Kier molecular flexibility index (Phi) is 8.49. The molecule has 1 N–H and O–H groups in total. The fraction of sp³-hybridized carbons (Fsp3) is 0.654. The topological polar surface area (TPSA) is 89.0 Å². The van der Waals surface area contributed by atoms with Gasteiger partial charge in [-0.1, -0.05) is 30.0 Å². The number of likely N-dealkylation sites (N-methyl/N-ethyl adjacent to an activating group) is 1. The van der Waals surface area contributed by atoms with Crippen LogP contribution in [0, 0.1) is 11.8 Å². The monoisotopic (exact) mass is 617 g/mol. The number of halogens is 2. The number of amides is 1. The van der Waals surface area contributed by atoms with Crippen molar-refractivity contribution in [1.82, 2.24) is 9.30 Å². The fourth-order valence-corrected chi connectivity index (χ4v) is 9.74. The van der Waals surface area contributed by atoms with Gasteiger partial charge in [0.15, 0.2) is 0 Å². The number of thioether (sulfide) groups is 1. The highest BCUT2D eigenvalue weighted by Gasteiger charge is 2.59. The molecule has 216 valence electrons. The van der Waals surface area contributed by atoms with Crippen molar-refractivity contribution in [2.45, 2.75) is 44.5 Å². The van der Waals surface area contributed by atoms with Crippen molar-refractivity contribution in [3.63, 3.8) is 0 Å². The van der Waals surface area contributed by atoms with Gasteiger partial charge >= 0.3 is 0 Å². The molecule has 5 aliphatic heterocycles. The third-order valence-electron chi connectivity index (χ3n) is 9.52. The lowest BCUT2D eigenvalue weighted by molar-refractivity contribution is -1.07. The SMILES string of the molecule is CC[n+]1cn2cc(C3=C(C(=O)[O-])N4C(=O)[C@H]([C@@H](C)O)[C@H]4[C@H]3C)sc2c1SCC[N+]12CC[N+](C)(CC1)CC2.[Cl-].[Cl-]. The highest BCUT2D eigenvalue weighted by molar-refractivity contribution is 7.99. The summed E-state index contributed by atoms with van der Waals surface area (Å²) in [6.07, 6.45) is 3.27. The van der Waals surface area contributed by atoms with Crippen LogP contribution in [0.5, 0.6) is 0 Å². The summed E-state index contributed by atoms with van der Waals surface area (Å²) in [6, 6.07) is -0.338. The van der Waals surface area contributed by atoms with E-state index < -0.39 is 18.0 Å². The Balaban J connectivity index is 0.00000176. The minimum absolute atomic E-state index is 0. The molecule has 4 atom stereocenters. The van der Waals surface area contributed by atoms with Crippen LogP contribution in [0.1, 0.15) is 25.6 Å². The standard InChI is InChI=1S/C26H37N5O4S2.2ClH/c1-5-27-15-28-14-18(19-16(2)21-20(17(3)32)23(33)29(21)22(19)26(34)35)37-25(28)24(27)36-13-12-31-9-6-30(4,7-10-31)8-11-31;;/h14-17,20-21,32H,5-13H2,1-4H3;2*1H/q+2;;/p-2/t16-,17+,20+,21+,30?,31?;;/m0../s1. The van der Waals surface area contributed by atoms with Crippen molar-refractivity contribution in [2.24, 2.45) is 11.8 Å². The average Bonchev–Trinajstić information content (AvgIpc) is 3.48. The van der Waals surface area contributed by atoms with Gasteiger partial charge in [0.1, 0.15) is 45.5 Å². The van der Waals surface area contributed by atoms with Crippen molar-refractivity contribution in [1.29, 1.82) is 0 Å². The normalized spacial score (nSPS) is 32.1. The number of carbonyl (C=O) groups is 2. The maximum absolute atomic E-state index is 12.7. The molecule has 0 unspecified atom stereocenters. The van der Waals surface area contributed by atoms with Gasteiger partial charge in [0.2, 0.25) is 15.8 Å². The summed E-state index contributed by atoms with van der Waals surface area (Å²) in [5, 5.41) is 23.6. The van der Waals surface area contributed by atoms with Crippen molar-refractivity contribution in [3.8, 4) is 0 Å². The summed E-state index contributed by atoms with van der Waals surface area (Å²) in [6.45, 7) is 15.4. The number of carboxylic acid groups (broad SMARTS) is 1. The number of aliphatic hydroxyl groups excluding tert-OH is 1. The van der Waals surface area contributed by atoms with Crippen LogP contribution < -0.4 is 34.5 Å². The van der Waals surface area contributed by atoms with E-state index in [2.05, 4.69) is 29.3 Å². The van der Waals surface area contributed by atoms with Crippen LogP contribution in [0.25, 0.3) is 10.4 Å². The number of aromatic nitrogens is 2. The molecule has 4 saturated heterocycles. The number of β-lactam (4-membered cyclic amide) rings is 1. The Labute approximate surface area is 250 Å². The number of imidazole rings is 1. The lowest BCUT2D eigenvalue weighted by Gasteiger charge is -2.54. The van der Waals surface area contributed by atoms with Gasteiger partial charge in [-0.2, -0.15) is 4.40 Å². The molecule has 4 fully saturated rings. The molecule has 0 saturated carbocycles. The summed E-state index contributed by atoms with van der Waals surface area (Å²) in [7, 11) is 2.40. The molecule has 0 aliphatic carbocycles. The summed E-state index contributed by atoms with van der Waals surface area (Å²) in [5.41, 5.74) is 0.619. The number of carbonyl (C=O) groups excluding carboxylic acids is 2. The van der Waals surface area contributed by atoms with Crippen LogP contribution in [0.4, 0.5) is 0 Å². The number of hydrogen-bond acceptors (Lipinski definition) is 6. The highest BCUT2D eigenvalue weighted by Crippen LogP contribution is 2.51. The number of aryl methyl sites for hydroxylation is 1. The molecule has 13 heteroatoms. The zero-order valence-electron chi connectivity index (χ0n) is 22.8. The number of nitrogens with zero attached hydrogens (tertiary/aromatic N) is 5. The summed E-state index contributed by atoms with van der Waals surface area (Å²) in [4.78, 5) is 28.2. The van der Waals surface area contributed by atoms with E-state index in [0.717, 1.165) is 22.0 Å². The van der Waals surface area contributed by atoms with Crippen molar-refractivity contribution in [3.05, 3.63) is 23.1 Å². The molecular weight excluding hydrogens is 581 g/mol. The van der Waals surface area contributed by atoms with E-state index in [1.807, 2.05) is 24.9 Å². The molecule has 2 aromatic rings. The Morgan fingerprint density at radius 1 is 1.26 bits per heavy atom. The van der Waals surface area contributed by atoms with Crippen LogP contribution in [-0.4, -0.2) is 106 Å². The minimum atomic E-state index is -1.33. The molecule has 0 aromatic carbocycles. The Bertz CT molecular complexity index is 1300. The van der Waals surface area contributed by atoms with E-state index >= 15 is 0 Å². The first-order valence-electron chi connectivity index (χ1n) is 13.4. The number of aliphatic carboxylic acids is 1. The first-order chi connectivity index (χ1) is 17.6. The van der Waals surface area contributed by atoms with E-state index in [0.29, 0.717) is 5.57 Å². The van der Waals surface area contributed by atoms with Crippen molar-refractivity contribution < 1.29 is 58.1 Å². The first-order valence-corrected chi connectivity index (χ1v) is 15.2. The van der Waals surface area contributed by atoms with E-state index in [1.54, 1.807) is 18.3 Å². The van der Waals surface area contributed by atoms with Gasteiger partial charge in [0, 0.05) is 11.5 Å². The van der Waals surface area contributed by atoms with Gasteiger partial charge in [-0.05, 0) is 13.8 Å². The molecule has 9 nitrogen and oxygen atoms in total. The highest BCUT2D eigenvalue weighted by atomic mass is 35.5. The second-order valence-electron chi connectivity index (χ2n) is 11.7. The molecule has 0 spiro atoms. The average molecular weight is 619 g/mol. The van der Waals surface area contributed by atoms with Gasteiger partial charge < -0.3 is 53.7 Å². The Morgan fingerprint density at radius 2 is 1.90 bits per heavy atom. The molecule has 7 rings (SSSR count). The molecular formula is C26H37Cl2N5O4S2. The van der Waals surface area contributed by atoms with Crippen molar-refractivity contribution in [2.75, 3.05) is 58.6 Å². The number of carboxylic acids is 1. The largest absolute Gasteiger partial charge is 1.00 e. The molecule has 7 heterocycles. The quantitative estimate of drug-likeness (QED) is 0.138. The second kappa shape index (κ2) is 10.8. The number of quaternary nitrogens is 2. The Morgan fingerprint density at radius 3 is 2.46 bits per heavy atom. The lowest BCUT2D eigenvalue weighted by Crippen LogP contribution is -3.00. The van der Waals surface area contributed by atoms with Gasteiger partial charge in [0.05, 0.1) is 60.5 Å². The second-order valence-corrected chi connectivity index (χ2v) is 13.8. The van der Waals surface area contributed by atoms with Crippen LogP contribution in [0.15, 0.2) is 23.2 Å². The van der Waals surface area contributed by atoms with E-state index in [-0.39, 0.29) is 48.4 Å². The first kappa shape index (κ1) is 30.6. The predicted octanol–water partition coefficient (Wildman–Crippen LogP) is -5.98. The molecule has 39 heavy (non-hydrogen) atoms. The van der Waals surface area contributed by atoms with Gasteiger partial charge in [0.25, 0.3) is 6.33 Å². The molecule has 5 aliphatic rings. The number of aliphatic hydroxyl groups is 1. The van der Waals surface area contributed by atoms with Gasteiger partial charge in [-0.25, -0.2) is 4.57 Å². The molecule has 2 bridgehead atoms. The van der Waals surface area contributed by atoms with Gasteiger partial charge in [-0.3, -0.25) is 4.79 Å². The van der Waals surface area contributed by atoms with Crippen LogP contribution in [0.2, 0.25) is 0 Å². The van der Waals surface area contributed by atoms with E-state index in [4.69, 9.17) is 0 Å². The smallest absolute Gasteiger partial charge is 0.250 e. The number of thiazole rings is 1. The van der Waals surface area contributed by atoms with Crippen LogP contribution in [0.3, 0.4) is 0 Å². The predicted molar refractivity (Wildman–Crippen MR) is 139 cm³/mol. The number of fused-ring (bicyclic) bond motifs is 5. The summed E-state index contributed by atoms with van der Waals surface area (Å²) < 4.78 is 6.85. The third kappa shape index (κ3) is 4.71. The summed E-state index contributed by atoms with van der Waals surface area (Å²) >= 11 is 3.49. The third-order valence-corrected chi connectivity index (χ3v) is 11.9. The van der Waals surface area contributed by atoms with E-state index in [9.17, 15) is 19.8 Å².